The Labute approximate surface area is 194 Å². The molecule has 0 saturated carbocycles. The lowest BCUT2D eigenvalue weighted by atomic mass is 10.1. The smallest absolute Gasteiger partial charge is 0.262 e. The minimum absolute atomic E-state index is 0.0347. The zero-order chi connectivity index (χ0) is 23.2. The van der Waals surface area contributed by atoms with E-state index in [1.165, 1.54) is 17.4 Å². The van der Waals surface area contributed by atoms with Gasteiger partial charge in [0.25, 0.3) is 5.91 Å². The van der Waals surface area contributed by atoms with Gasteiger partial charge in [0.15, 0.2) is 22.3 Å². The van der Waals surface area contributed by atoms with E-state index in [-0.39, 0.29) is 5.57 Å². The highest BCUT2D eigenvalue weighted by Crippen LogP contribution is 2.31. The maximum absolute atomic E-state index is 12.5. The summed E-state index contributed by atoms with van der Waals surface area (Å²) in [6.07, 6.45) is 2.01. The van der Waals surface area contributed by atoms with Gasteiger partial charge in [0.2, 0.25) is 0 Å². The molecule has 0 atom stereocenters. The molecule has 2 aromatic carbocycles. The van der Waals surface area contributed by atoms with Crippen LogP contribution in [-0.4, -0.2) is 31.7 Å². The summed E-state index contributed by atoms with van der Waals surface area (Å²) in [4.78, 5) is 17.1. The predicted molar refractivity (Wildman–Crippen MR) is 127 cm³/mol. The van der Waals surface area contributed by atoms with Gasteiger partial charge in [0.1, 0.15) is 17.4 Å². The number of para-hydroxylation sites is 1. The van der Waals surface area contributed by atoms with E-state index in [0.717, 1.165) is 20.8 Å². The number of furan rings is 1. The molecule has 0 aliphatic carbocycles. The second kappa shape index (κ2) is 10.0. The monoisotopic (exact) mass is 459 g/mol. The summed E-state index contributed by atoms with van der Waals surface area (Å²) < 4.78 is 17.4. The zero-order valence-electron chi connectivity index (χ0n) is 18.1. The normalized spacial score (nSPS) is 11.2. The molecule has 1 amide bonds. The lowest BCUT2D eigenvalue weighted by Gasteiger charge is -2.10. The van der Waals surface area contributed by atoms with Crippen LogP contribution >= 0.6 is 11.3 Å². The Kier molecular flexibility index (Phi) is 6.72. The fraction of sp³-hybridized carbons (Fsp3) is 0.160. The van der Waals surface area contributed by atoms with Gasteiger partial charge in [0.05, 0.1) is 24.4 Å². The van der Waals surface area contributed by atoms with Crippen LogP contribution in [0.2, 0.25) is 0 Å². The minimum Gasteiger partial charge on any atom is -0.493 e. The van der Waals surface area contributed by atoms with Crippen LogP contribution in [0.4, 0.5) is 0 Å². The molecule has 1 N–H and O–H groups in total. The van der Waals surface area contributed by atoms with E-state index in [9.17, 15) is 10.1 Å². The Morgan fingerprint density at radius 3 is 2.73 bits per heavy atom. The van der Waals surface area contributed by atoms with Gasteiger partial charge in [0, 0.05) is 12.6 Å². The van der Waals surface area contributed by atoms with Crippen LogP contribution in [0.5, 0.6) is 11.5 Å². The first kappa shape index (κ1) is 22.1. The summed E-state index contributed by atoms with van der Waals surface area (Å²) >= 11 is 1.52. The number of nitrogens with one attached hydrogen (secondary N) is 1. The minimum atomic E-state index is -0.462. The van der Waals surface area contributed by atoms with E-state index in [2.05, 4.69) is 10.3 Å². The number of carbonyl (C=O) groups excluding carboxylic acids is 1. The molecule has 2 heterocycles. The SMILES string of the molecule is COc1ccc(CCNC(=O)/C(C#N)=C/c2ccc(-c3nc4ccccc4s3)o2)cc1OC. The van der Waals surface area contributed by atoms with Gasteiger partial charge in [-0.05, 0) is 48.4 Å². The zero-order valence-corrected chi connectivity index (χ0v) is 18.9. The number of fused-ring (bicyclic) bond motifs is 1. The quantitative estimate of drug-likeness (QED) is 0.299. The van der Waals surface area contributed by atoms with Gasteiger partial charge in [-0.3, -0.25) is 4.79 Å². The van der Waals surface area contributed by atoms with Crippen molar-refractivity contribution in [3.8, 4) is 28.3 Å². The topological polar surface area (TPSA) is 97.4 Å². The number of rotatable bonds is 8. The Bertz CT molecular complexity index is 1330. The molecule has 8 heteroatoms. The molecule has 0 bridgehead atoms. The van der Waals surface area contributed by atoms with Crippen molar-refractivity contribution in [3.63, 3.8) is 0 Å². The first-order chi connectivity index (χ1) is 16.1. The number of thiazole rings is 1. The third kappa shape index (κ3) is 5.05. The van der Waals surface area contributed by atoms with Gasteiger partial charge in [-0.25, -0.2) is 4.98 Å². The first-order valence-electron chi connectivity index (χ1n) is 10.2. The predicted octanol–water partition coefficient (Wildman–Crippen LogP) is 4.84. The van der Waals surface area contributed by atoms with Gasteiger partial charge in [-0.1, -0.05) is 18.2 Å². The second-order valence-corrected chi connectivity index (χ2v) is 8.08. The maximum Gasteiger partial charge on any atom is 0.262 e. The summed E-state index contributed by atoms with van der Waals surface area (Å²) in [6, 6.07) is 18.9. The summed E-state index contributed by atoms with van der Waals surface area (Å²) in [6.45, 7) is 0.364. The van der Waals surface area contributed by atoms with E-state index >= 15 is 0 Å². The van der Waals surface area contributed by atoms with Crippen LogP contribution in [0.1, 0.15) is 11.3 Å². The van der Waals surface area contributed by atoms with E-state index in [4.69, 9.17) is 13.9 Å². The first-order valence-corrected chi connectivity index (χ1v) is 11.0. The van der Waals surface area contributed by atoms with Gasteiger partial charge in [-0.2, -0.15) is 5.26 Å². The van der Waals surface area contributed by atoms with Crippen LogP contribution in [0.25, 0.3) is 27.1 Å². The molecule has 0 unspecified atom stereocenters. The molecule has 0 fully saturated rings. The molecule has 0 aliphatic heterocycles. The highest BCUT2D eigenvalue weighted by Gasteiger charge is 2.13. The number of carbonyl (C=O) groups is 1. The molecule has 0 spiro atoms. The molecular weight excluding hydrogens is 438 g/mol. The van der Waals surface area contributed by atoms with Crippen molar-refractivity contribution in [2.75, 3.05) is 20.8 Å². The molecule has 33 heavy (non-hydrogen) atoms. The Balaban J connectivity index is 1.40. The molecule has 7 nitrogen and oxygen atoms in total. The molecule has 166 valence electrons. The second-order valence-electron chi connectivity index (χ2n) is 7.05. The Morgan fingerprint density at radius 2 is 1.97 bits per heavy atom. The molecule has 4 aromatic rings. The van der Waals surface area contributed by atoms with E-state index in [1.807, 2.05) is 48.5 Å². The van der Waals surface area contributed by atoms with Crippen molar-refractivity contribution in [3.05, 3.63) is 71.5 Å². The number of amides is 1. The number of benzene rings is 2. The van der Waals surface area contributed by atoms with Gasteiger partial charge >= 0.3 is 0 Å². The number of nitrogens with zero attached hydrogens (tertiary/aromatic N) is 2. The van der Waals surface area contributed by atoms with E-state index in [0.29, 0.717) is 36.0 Å². The maximum atomic E-state index is 12.5. The number of hydrogen-bond donors (Lipinski definition) is 1. The molecule has 0 radical (unpaired) electrons. The van der Waals surface area contributed by atoms with E-state index < -0.39 is 5.91 Å². The largest absolute Gasteiger partial charge is 0.493 e. The van der Waals surface area contributed by atoms with Gasteiger partial charge in [-0.15, -0.1) is 11.3 Å². The highest BCUT2D eigenvalue weighted by molar-refractivity contribution is 7.21. The van der Waals surface area contributed by atoms with Crippen molar-refractivity contribution in [2.24, 2.45) is 0 Å². The third-order valence-electron chi connectivity index (χ3n) is 4.93. The van der Waals surface area contributed by atoms with Crippen LogP contribution in [0, 0.1) is 11.3 Å². The van der Waals surface area contributed by atoms with Crippen molar-refractivity contribution in [1.82, 2.24) is 10.3 Å². The summed E-state index contributed by atoms with van der Waals surface area (Å²) in [5.41, 5.74) is 1.84. The number of methoxy groups -OCH3 is 2. The average molecular weight is 460 g/mol. The Hall–Kier alpha value is -4.09. The van der Waals surface area contributed by atoms with Crippen molar-refractivity contribution in [2.45, 2.75) is 6.42 Å². The Morgan fingerprint density at radius 1 is 1.15 bits per heavy atom. The number of nitriles is 1. The fourth-order valence-corrected chi connectivity index (χ4v) is 4.19. The van der Waals surface area contributed by atoms with Crippen LogP contribution in [0.3, 0.4) is 0 Å². The lowest BCUT2D eigenvalue weighted by molar-refractivity contribution is -0.117. The fourth-order valence-electron chi connectivity index (χ4n) is 3.27. The van der Waals surface area contributed by atoms with E-state index in [1.54, 1.807) is 26.4 Å². The third-order valence-corrected chi connectivity index (χ3v) is 5.98. The number of hydrogen-bond acceptors (Lipinski definition) is 7. The number of aromatic nitrogens is 1. The van der Waals surface area contributed by atoms with Crippen molar-refractivity contribution in [1.29, 1.82) is 5.26 Å². The summed E-state index contributed by atoms with van der Waals surface area (Å²) in [7, 11) is 3.15. The molecule has 0 saturated heterocycles. The van der Waals surface area contributed by atoms with Crippen LogP contribution in [0.15, 0.2) is 64.6 Å². The van der Waals surface area contributed by atoms with Crippen molar-refractivity contribution >= 4 is 33.5 Å². The lowest BCUT2D eigenvalue weighted by Crippen LogP contribution is -2.26. The number of ether oxygens (including phenoxy) is 2. The van der Waals surface area contributed by atoms with Crippen LogP contribution < -0.4 is 14.8 Å². The van der Waals surface area contributed by atoms with Crippen LogP contribution in [-0.2, 0) is 11.2 Å². The highest BCUT2D eigenvalue weighted by atomic mass is 32.1. The standard InChI is InChI=1S/C25H21N3O4S/c1-30-20-9-7-16(13-22(20)31-2)11-12-27-24(29)17(15-26)14-18-8-10-21(32-18)25-28-19-5-3-4-6-23(19)33-25/h3-10,13-14H,11-12H2,1-2H3,(H,27,29)/b17-14+. The summed E-state index contributed by atoms with van der Waals surface area (Å²) in [5.74, 6) is 1.81. The summed E-state index contributed by atoms with van der Waals surface area (Å²) in [5, 5.41) is 13.0. The molecule has 0 aliphatic rings. The molecule has 4 rings (SSSR count). The average Bonchev–Trinajstić information content (AvgIpc) is 3.49. The molecule has 2 aromatic heterocycles. The van der Waals surface area contributed by atoms with Crippen molar-refractivity contribution < 1.29 is 18.7 Å². The van der Waals surface area contributed by atoms with Gasteiger partial charge < -0.3 is 19.2 Å². The molecular formula is C25H21N3O4S.